The van der Waals surface area contributed by atoms with Crippen LogP contribution in [0.3, 0.4) is 0 Å². The molecule has 0 aliphatic heterocycles. The average Bonchev–Trinajstić information content (AvgIpc) is 2.36. The predicted octanol–water partition coefficient (Wildman–Crippen LogP) is -0.198. The molecule has 7 heteroatoms. The Morgan fingerprint density at radius 1 is 1.38 bits per heavy atom. The zero-order valence-corrected chi connectivity index (χ0v) is 12.2. The molecule has 0 aliphatic carbocycles. The third kappa shape index (κ3) is 7.28. The van der Waals surface area contributed by atoms with Gasteiger partial charge >= 0.3 is 0 Å². The van der Waals surface area contributed by atoms with Gasteiger partial charge in [-0.25, -0.2) is 0 Å². The minimum Gasteiger partial charge on any atom is -0.491 e. The lowest BCUT2D eigenvalue weighted by molar-refractivity contribution is -0.119. The highest BCUT2D eigenvalue weighted by atomic mass is 16.5. The number of primary amides is 1. The van der Waals surface area contributed by atoms with Crippen LogP contribution in [0.2, 0.25) is 0 Å². The Bertz CT molecular complexity index is 476. The molecule has 7 nitrogen and oxygen atoms in total. The van der Waals surface area contributed by atoms with Crippen molar-refractivity contribution in [2.45, 2.75) is 13.0 Å². The number of nitrogens with two attached hydrogens (primary N) is 1. The number of nitrogens with zero attached hydrogens (tertiary/aromatic N) is 1. The van der Waals surface area contributed by atoms with Crippen LogP contribution in [0.4, 0.5) is 5.69 Å². The molecule has 0 bridgehead atoms. The standard InChI is InChI=1S/C14H21N3O4/c1-10(18)16-11-3-5-13(6-4-11)21-9-12(19)7-17(2)8-14(15)20/h3-6,12,19H,7-9H2,1-2H3,(H2,15,20)(H,16,18)/t12-/m1/s1. The van der Waals surface area contributed by atoms with Gasteiger partial charge in [0.15, 0.2) is 0 Å². The molecule has 0 unspecified atom stereocenters. The van der Waals surface area contributed by atoms with Crippen molar-refractivity contribution in [3.63, 3.8) is 0 Å². The van der Waals surface area contributed by atoms with E-state index in [1.54, 1.807) is 36.2 Å². The highest BCUT2D eigenvalue weighted by Gasteiger charge is 2.10. The minimum atomic E-state index is -0.732. The maximum absolute atomic E-state index is 10.9. The van der Waals surface area contributed by atoms with Gasteiger partial charge in [-0.05, 0) is 31.3 Å². The Hall–Kier alpha value is -2.12. The number of anilines is 1. The molecule has 1 aromatic rings. The number of ether oxygens (including phenoxy) is 1. The van der Waals surface area contributed by atoms with Crippen LogP contribution in [0.15, 0.2) is 24.3 Å². The molecule has 4 N–H and O–H groups in total. The molecular formula is C14H21N3O4. The van der Waals surface area contributed by atoms with Gasteiger partial charge in [-0.1, -0.05) is 0 Å². The first-order valence-electron chi connectivity index (χ1n) is 6.52. The van der Waals surface area contributed by atoms with Gasteiger partial charge in [0.2, 0.25) is 11.8 Å². The Morgan fingerprint density at radius 2 is 2.00 bits per heavy atom. The van der Waals surface area contributed by atoms with Crippen LogP contribution in [0, 0.1) is 0 Å². The quantitative estimate of drug-likeness (QED) is 0.616. The second kappa shape index (κ2) is 8.23. The van der Waals surface area contributed by atoms with Gasteiger partial charge in [-0.2, -0.15) is 0 Å². The summed E-state index contributed by atoms with van der Waals surface area (Å²) in [5.74, 6) is -0.00327. The molecule has 0 aliphatic rings. The van der Waals surface area contributed by atoms with Gasteiger partial charge in [0.1, 0.15) is 18.5 Å². The van der Waals surface area contributed by atoms with E-state index in [0.717, 1.165) is 0 Å². The van der Waals surface area contributed by atoms with Crippen LogP contribution in [0.1, 0.15) is 6.92 Å². The summed E-state index contributed by atoms with van der Waals surface area (Å²) in [6.07, 6.45) is -0.732. The van der Waals surface area contributed by atoms with Crippen LogP contribution >= 0.6 is 0 Å². The van der Waals surface area contributed by atoms with Crippen molar-refractivity contribution < 1.29 is 19.4 Å². The molecule has 1 rings (SSSR count). The van der Waals surface area contributed by atoms with Crippen LogP contribution in [-0.2, 0) is 9.59 Å². The van der Waals surface area contributed by atoms with Gasteiger partial charge in [-0.3, -0.25) is 14.5 Å². The van der Waals surface area contributed by atoms with Gasteiger partial charge < -0.3 is 20.9 Å². The Kier molecular flexibility index (Phi) is 6.64. The first-order valence-corrected chi connectivity index (χ1v) is 6.52. The first-order chi connectivity index (χ1) is 9.86. The summed E-state index contributed by atoms with van der Waals surface area (Å²) >= 11 is 0. The Morgan fingerprint density at radius 3 is 2.52 bits per heavy atom. The van der Waals surface area contributed by atoms with E-state index in [0.29, 0.717) is 11.4 Å². The molecule has 0 saturated heterocycles. The molecule has 0 fully saturated rings. The Balaban J connectivity index is 2.37. The summed E-state index contributed by atoms with van der Waals surface area (Å²) in [5, 5.41) is 12.4. The molecule has 116 valence electrons. The van der Waals surface area contributed by atoms with Crippen molar-refractivity contribution >= 4 is 17.5 Å². The van der Waals surface area contributed by atoms with E-state index < -0.39 is 12.0 Å². The number of benzene rings is 1. The van der Waals surface area contributed by atoms with Gasteiger partial charge in [0.05, 0.1) is 6.54 Å². The predicted molar refractivity (Wildman–Crippen MR) is 78.9 cm³/mol. The fourth-order valence-corrected chi connectivity index (χ4v) is 1.77. The third-order valence-corrected chi connectivity index (χ3v) is 2.57. The summed E-state index contributed by atoms with van der Waals surface area (Å²) in [6, 6.07) is 6.82. The van der Waals surface area contributed by atoms with E-state index >= 15 is 0 Å². The molecule has 21 heavy (non-hydrogen) atoms. The number of hydrogen-bond donors (Lipinski definition) is 3. The summed E-state index contributed by atoms with van der Waals surface area (Å²) < 4.78 is 5.43. The largest absolute Gasteiger partial charge is 0.491 e. The number of aliphatic hydroxyl groups excluding tert-OH is 1. The minimum absolute atomic E-state index is 0.0858. The number of amides is 2. The number of likely N-dealkylation sites (N-methyl/N-ethyl adjacent to an activating group) is 1. The first kappa shape index (κ1) is 16.9. The van der Waals surface area contributed by atoms with E-state index in [1.807, 2.05) is 0 Å². The van der Waals surface area contributed by atoms with E-state index in [-0.39, 0.29) is 25.6 Å². The third-order valence-electron chi connectivity index (χ3n) is 2.57. The number of aliphatic hydroxyl groups is 1. The van der Waals surface area contributed by atoms with Crippen molar-refractivity contribution in [1.82, 2.24) is 4.90 Å². The lowest BCUT2D eigenvalue weighted by atomic mass is 10.3. The maximum atomic E-state index is 10.9. The summed E-state index contributed by atoms with van der Waals surface area (Å²) in [4.78, 5) is 23.2. The fraction of sp³-hybridized carbons (Fsp3) is 0.429. The van der Waals surface area contributed by atoms with Gasteiger partial charge in [0.25, 0.3) is 0 Å². The van der Waals surface area contributed by atoms with Crippen molar-refractivity contribution in [2.75, 3.05) is 32.1 Å². The molecule has 0 heterocycles. The average molecular weight is 295 g/mol. The maximum Gasteiger partial charge on any atom is 0.231 e. The van der Waals surface area contributed by atoms with Crippen LogP contribution in [-0.4, -0.2) is 54.7 Å². The van der Waals surface area contributed by atoms with Crippen LogP contribution in [0.25, 0.3) is 0 Å². The second-order valence-electron chi connectivity index (χ2n) is 4.83. The second-order valence-corrected chi connectivity index (χ2v) is 4.83. The normalized spacial score (nSPS) is 12.0. The van der Waals surface area contributed by atoms with Crippen molar-refractivity contribution in [1.29, 1.82) is 0 Å². The monoisotopic (exact) mass is 295 g/mol. The summed E-state index contributed by atoms with van der Waals surface area (Å²) in [7, 11) is 1.69. The molecule has 0 radical (unpaired) electrons. The van der Waals surface area contributed by atoms with E-state index in [2.05, 4.69) is 5.32 Å². The van der Waals surface area contributed by atoms with Gasteiger partial charge in [-0.15, -0.1) is 0 Å². The highest BCUT2D eigenvalue weighted by Crippen LogP contribution is 2.15. The number of hydrogen-bond acceptors (Lipinski definition) is 5. The molecular weight excluding hydrogens is 274 g/mol. The SMILES string of the molecule is CC(=O)Nc1ccc(OC[C@H](O)CN(C)CC(N)=O)cc1. The zero-order valence-electron chi connectivity index (χ0n) is 12.2. The molecule has 2 amide bonds. The fourth-order valence-electron chi connectivity index (χ4n) is 1.77. The lowest BCUT2D eigenvalue weighted by Crippen LogP contribution is -2.38. The van der Waals surface area contributed by atoms with Gasteiger partial charge in [0, 0.05) is 19.2 Å². The molecule has 0 aromatic heterocycles. The molecule has 1 aromatic carbocycles. The topological polar surface area (TPSA) is 105 Å². The number of carbonyl (C=O) groups excluding carboxylic acids is 2. The molecule has 0 saturated carbocycles. The summed E-state index contributed by atoms with van der Waals surface area (Å²) in [6.45, 7) is 1.90. The van der Waals surface area contributed by atoms with E-state index in [9.17, 15) is 14.7 Å². The van der Waals surface area contributed by atoms with Crippen LogP contribution in [0.5, 0.6) is 5.75 Å². The van der Waals surface area contributed by atoms with E-state index in [1.165, 1.54) is 6.92 Å². The smallest absolute Gasteiger partial charge is 0.231 e. The number of rotatable bonds is 8. The zero-order chi connectivity index (χ0) is 15.8. The lowest BCUT2D eigenvalue weighted by Gasteiger charge is -2.19. The van der Waals surface area contributed by atoms with Crippen molar-refractivity contribution in [2.24, 2.45) is 5.73 Å². The molecule has 0 spiro atoms. The van der Waals surface area contributed by atoms with Crippen LogP contribution < -0.4 is 15.8 Å². The highest BCUT2D eigenvalue weighted by molar-refractivity contribution is 5.88. The van der Waals surface area contributed by atoms with E-state index in [4.69, 9.17) is 10.5 Å². The van der Waals surface area contributed by atoms with Crippen molar-refractivity contribution in [3.05, 3.63) is 24.3 Å². The summed E-state index contributed by atoms with van der Waals surface area (Å²) in [5.41, 5.74) is 5.74. The molecule has 1 atom stereocenters. The number of carbonyl (C=O) groups is 2. The van der Waals surface area contributed by atoms with Crippen molar-refractivity contribution in [3.8, 4) is 5.75 Å². The number of nitrogens with one attached hydrogen (secondary N) is 1. The Labute approximate surface area is 123 Å².